The molecule has 1 unspecified atom stereocenters. The fourth-order valence-electron chi connectivity index (χ4n) is 1.62. The zero-order valence-corrected chi connectivity index (χ0v) is 13.1. The topological polar surface area (TPSA) is 81.1 Å². The van der Waals surface area contributed by atoms with Crippen molar-refractivity contribution >= 4 is 37.0 Å². The lowest BCUT2D eigenvalue weighted by Gasteiger charge is -2.12. The van der Waals surface area contributed by atoms with Gasteiger partial charge in [-0.3, -0.25) is 4.79 Å². The Morgan fingerprint density at radius 3 is 2.70 bits per heavy atom. The maximum absolute atomic E-state index is 12.0. The van der Waals surface area contributed by atoms with E-state index in [0.29, 0.717) is 10.6 Å². The molecular formula is C11H12ClN3O3S2. The quantitative estimate of drug-likeness (QED) is 0.866. The van der Waals surface area contributed by atoms with Crippen molar-refractivity contribution in [3.05, 3.63) is 35.2 Å². The second kappa shape index (κ2) is 5.55. The van der Waals surface area contributed by atoms with E-state index >= 15 is 0 Å². The molecule has 2 aromatic heterocycles. The average Bonchev–Trinajstić information content (AvgIpc) is 2.95. The maximum atomic E-state index is 12.0. The van der Waals surface area contributed by atoms with Gasteiger partial charge in [-0.05, 0) is 19.1 Å². The molecule has 0 fully saturated rings. The Morgan fingerprint density at radius 1 is 1.50 bits per heavy atom. The van der Waals surface area contributed by atoms with E-state index < -0.39 is 9.05 Å². The average molecular weight is 334 g/mol. The molecule has 6 nitrogen and oxygen atoms in total. The first-order valence-electron chi connectivity index (χ1n) is 5.60. The van der Waals surface area contributed by atoms with Crippen LogP contribution in [-0.4, -0.2) is 23.9 Å². The number of rotatable bonds is 4. The van der Waals surface area contributed by atoms with Crippen LogP contribution < -0.4 is 5.32 Å². The van der Waals surface area contributed by atoms with Gasteiger partial charge in [0.15, 0.2) is 0 Å². The molecule has 2 heterocycles. The van der Waals surface area contributed by atoms with Crippen molar-refractivity contribution < 1.29 is 13.2 Å². The van der Waals surface area contributed by atoms with E-state index in [2.05, 4.69) is 10.3 Å². The lowest BCUT2D eigenvalue weighted by atomic mass is 10.2. The summed E-state index contributed by atoms with van der Waals surface area (Å²) in [5.41, 5.74) is 0.429. The Kier molecular flexibility index (Phi) is 4.17. The minimum atomic E-state index is -3.73. The van der Waals surface area contributed by atoms with Crippen molar-refractivity contribution in [3.63, 3.8) is 0 Å². The summed E-state index contributed by atoms with van der Waals surface area (Å²) in [5, 5.41) is 2.78. The molecule has 0 aliphatic carbocycles. The van der Waals surface area contributed by atoms with Crippen molar-refractivity contribution in [1.29, 1.82) is 0 Å². The third-order valence-electron chi connectivity index (χ3n) is 2.67. The second-order valence-electron chi connectivity index (χ2n) is 4.18. The van der Waals surface area contributed by atoms with Gasteiger partial charge in [-0.15, -0.1) is 11.3 Å². The molecule has 1 atom stereocenters. The first-order valence-corrected chi connectivity index (χ1v) is 8.73. The smallest absolute Gasteiger partial charge is 0.270 e. The highest BCUT2D eigenvalue weighted by molar-refractivity contribution is 8.15. The Hall–Kier alpha value is -1.38. The largest absolute Gasteiger partial charge is 0.343 e. The Balaban J connectivity index is 2.13. The monoisotopic (exact) mass is 333 g/mol. The fraction of sp³-hybridized carbons (Fsp3) is 0.273. The molecule has 0 saturated heterocycles. The van der Waals surface area contributed by atoms with E-state index in [-0.39, 0.29) is 16.2 Å². The maximum Gasteiger partial charge on any atom is 0.270 e. The number of nitrogens with one attached hydrogen (secondary N) is 1. The van der Waals surface area contributed by atoms with E-state index in [1.807, 2.05) is 0 Å². The number of carbonyl (C=O) groups excluding carboxylic acids is 1. The molecule has 0 spiro atoms. The van der Waals surface area contributed by atoms with E-state index in [4.69, 9.17) is 10.7 Å². The van der Waals surface area contributed by atoms with Gasteiger partial charge in [0.05, 0.1) is 18.6 Å². The molecule has 1 amide bonds. The standard InChI is InChI=1S/C11H12ClN3O3S2/c1-7(9-3-4-10(19-9)20(12,17)18)14-11(16)8-5-13-6-15(8)2/h3-7H,1-2H3,(H,14,16). The molecular weight excluding hydrogens is 322 g/mol. The summed E-state index contributed by atoms with van der Waals surface area (Å²) in [4.78, 5) is 16.6. The van der Waals surface area contributed by atoms with Crippen LogP contribution in [0.25, 0.3) is 0 Å². The number of aryl methyl sites for hydroxylation is 1. The van der Waals surface area contributed by atoms with Crippen LogP contribution >= 0.6 is 22.0 Å². The lowest BCUT2D eigenvalue weighted by Crippen LogP contribution is -2.27. The van der Waals surface area contributed by atoms with Crippen LogP contribution in [0.2, 0.25) is 0 Å². The van der Waals surface area contributed by atoms with Crippen LogP contribution in [0, 0.1) is 0 Å². The summed E-state index contributed by atoms with van der Waals surface area (Å²) in [7, 11) is 3.26. The van der Waals surface area contributed by atoms with Gasteiger partial charge in [-0.2, -0.15) is 0 Å². The van der Waals surface area contributed by atoms with Gasteiger partial charge in [0.25, 0.3) is 15.0 Å². The normalized spacial score (nSPS) is 13.2. The summed E-state index contributed by atoms with van der Waals surface area (Å²) in [6, 6.07) is 2.73. The predicted octanol–water partition coefficient (Wildman–Crippen LogP) is 1.90. The highest BCUT2D eigenvalue weighted by Crippen LogP contribution is 2.28. The van der Waals surface area contributed by atoms with Crippen LogP contribution in [0.3, 0.4) is 0 Å². The van der Waals surface area contributed by atoms with Crippen molar-refractivity contribution in [1.82, 2.24) is 14.9 Å². The van der Waals surface area contributed by atoms with E-state index in [1.165, 1.54) is 18.6 Å². The van der Waals surface area contributed by atoms with Crippen LogP contribution in [0.1, 0.15) is 28.3 Å². The lowest BCUT2D eigenvalue weighted by molar-refractivity contribution is 0.0932. The number of thiophene rings is 1. The molecule has 0 aromatic carbocycles. The highest BCUT2D eigenvalue weighted by atomic mass is 35.7. The minimum Gasteiger partial charge on any atom is -0.343 e. The Labute approximate surface area is 124 Å². The van der Waals surface area contributed by atoms with Gasteiger partial charge >= 0.3 is 0 Å². The number of amides is 1. The Bertz CT molecular complexity index is 736. The van der Waals surface area contributed by atoms with Gasteiger partial charge < -0.3 is 9.88 Å². The third-order valence-corrected chi connectivity index (χ3v) is 6.03. The van der Waals surface area contributed by atoms with Crippen molar-refractivity contribution in [2.24, 2.45) is 7.05 Å². The number of nitrogens with zero attached hydrogens (tertiary/aromatic N) is 2. The van der Waals surface area contributed by atoms with Gasteiger partial charge in [0.1, 0.15) is 9.90 Å². The van der Waals surface area contributed by atoms with Crippen molar-refractivity contribution in [2.75, 3.05) is 0 Å². The highest BCUT2D eigenvalue weighted by Gasteiger charge is 2.18. The second-order valence-corrected chi connectivity index (χ2v) is 8.09. The minimum absolute atomic E-state index is 0.0656. The molecule has 0 saturated carbocycles. The summed E-state index contributed by atoms with van der Waals surface area (Å²) < 4.78 is 24.1. The van der Waals surface area contributed by atoms with Crippen LogP contribution in [-0.2, 0) is 16.1 Å². The molecule has 2 aromatic rings. The molecule has 1 N–H and O–H groups in total. The van der Waals surface area contributed by atoms with Crippen molar-refractivity contribution in [3.8, 4) is 0 Å². The zero-order valence-electron chi connectivity index (χ0n) is 10.7. The zero-order chi connectivity index (χ0) is 14.9. The number of hydrogen-bond donors (Lipinski definition) is 1. The molecule has 108 valence electrons. The molecule has 0 bridgehead atoms. The van der Waals surface area contributed by atoms with E-state index in [9.17, 15) is 13.2 Å². The molecule has 2 rings (SSSR count). The molecule has 0 aliphatic heterocycles. The van der Waals surface area contributed by atoms with E-state index in [1.54, 1.807) is 24.6 Å². The number of aromatic nitrogens is 2. The van der Waals surface area contributed by atoms with Gasteiger partial charge in [0.2, 0.25) is 0 Å². The summed E-state index contributed by atoms with van der Waals surface area (Å²) >= 11 is 1.03. The molecule has 0 aliphatic rings. The first kappa shape index (κ1) is 15.0. The van der Waals surface area contributed by atoms with Gasteiger partial charge in [-0.25, -0.2) is 13.4 Å². The summed E-state index contributed by atoms with van der Waals surface area (Å²) in [6.07, 6.45) is 2.99. The SMILES string of the molecule is CC(NC(=O)c1cncn1C)c1ccc(S(=O)(=O)Cl)s1. The predicted molar refractivity (Wildman–Crippen MR) is 76.4 cm³/mol. The van der Waals surface area contributed by atoms with Crippen LogP contribution in [0.5, 0.6) is 0 Å². The molecule has 20 heavy (non-hydrogen) atoms. The van der Waals surface area contributed by atoms with Crippen LogP contribution in [0.4, 0.5) is 0 Å². The number of carbonyl (C=O) groups is 1. The summed E-state index contributed by atoms with van der Waals surface area (Å²) in [5.74, 6) is -0.277. The van der Waals surface area contributed by atoms with Crippen LogP contribution in [0.15, 0.2) is 28.9 Å². The van der Waals surface area contributed by atoms with Gasteiger partial charge in [0, 0.05) is 22.6 Å². The number of halogens is 1. The first-order chi connectivity index (χ1) is 9.29. The number of imidazole rings is 1. The van der Waals surface area contributed by atoms with Crippen molar-refractivity contribution in [2.45, 2.75) is 17.2 Å². The fourth-order valence-corrected chi connectivity index (χ4v) is 3.71. The third kappa shape index (κ3) is 3.20. The van der Waals surface area contributed by atoms with Gasteiger partial charge in [-0.1, -0.05) is 0 Å². The summed E-state index contributed by atoms with van der Waals surface area (Å²) in [6.45, 7) is 1.77. The molecule has 0 radical (unpaired) electrons. The van der Waals surface area contributed by atoms with E-state index in [0.717, 1.165) is 11.3 Å². The molecule has 9 heteroatoms. The Morgan fingerprint density at radius 2 is 2.20 bits per heavy atom. The number of hydrogen-bond acceptors (Lipinski definition) is 5.